The third-order valence-corrected chi connectivity index (χ3v) is 4.38. The van der Waals surface area contributed by atoms with E-state index in [0.29, 0.717) is 17.2 Å². The number of hydrogen-bond donors (Lipinski definition) is 1. The third-order valence-electron chi connectivity index (χ3n) is 4.15. The number of aryl methyl sites for hydroxylation is 2. The molecule has 0 saturated heterocycles. The molecule has 110 valence electrons. The van der Waals surface area contributed by atoms with Crippen molar-refractivity contribution in [2.45, 2.75) is 31.8 Å². The summed E-state index contributed by atoms with van der Waals surface area (Å²) in [6.45, 7) is 0. The highest BCUT2D eigenvalue weighted by atomic mass is 35.5. The summed E-state index contributed by atoms with van der Waals surface area (Å²) in [5.74, 6) is 0.635. The number of fused-ring (bicyclic) bond motifs is 1. The van der Waals surface area contributed by atoms with Crippen LogP contribution in [-0.2, 0) is 19.3 Å². The van der Waals surface area contributed by atoms with Crippen LogP contribution < -0.4 is 4.74 Å². The summed E-state index contributed by atoms with van der Waals surface area (Å²) in [6.07, 6.45) is 3.58. The molecule has 0 fully saturated rings. The Morgan fingerprint density at radius 2 is 1.95 bits per heavy atom. The molecule has 0 radical (unpaired) electrons. The molecule has 21 heavy (non-hydrogen) atoms. The SMILES string of the molecule is COc1cc(Cl)ccc1C(O)Cc1ccc2c(c1)CCC2. The summed E-state index contributed by atoms with van der Waals surface area (Å²) in [5, 5.41) is 11.1. The van der Waals surface area contributed by atoms with Gasteiger partial charge in [0.1, 0.15) is 5.75 Å². The van der Waals surface area contributed by atoms with Gasteiger partial charge in [0.05, 0.1) is 13.2 Å². The molecular formula is C18H19ClO2. The summed E-state index contributed by atoms with van der Waals surface area (Å²) in [4.78, 5) is 0. The molecule has 0 amide bonds. The zero-order valence-electron chi connectivity index (χ0n) is 12.1. The highest BCUT2D eigenvalue weighted by Crippen LogP contribution is 2.31. The number of aliphatic hydroxyl groups excluding tert-OH is 1. The maximum atomic E-state index is 10.5. The van der Waals surface area contributed by atoms with Crippen LogP contribution in [-0.4, -0.2) is 12.2 Å². The summed E-state index contributed by atoms with van der Waals surface area (Å²) in [6, 6.07) is 11.9. The molecule has 0 heterocycles. The van der Waals surface area contributed by atoms with Crippen molar-refractivity contribution in [3.8, 4) is 5.75 Å². The molecule has 1 aliphatic rings. The first-order valence-electron chi connectivity index (χ1n) is 7.29. The Hall–Kier alpha value is -1.51. The molecule has 3 rings (SSSR count). The Bertz CT molecular complexity index is 652. The minimum Gasteiger partial charge on any atom is -0.496 e. The fourth-order valence-corrected chi connectivity index (χ4v) is 3.21. The van der Waals surface area contributed by atoms with Crippen LogP contribution in [0.2, 0.25) is 5.02 Å². The maximum absolute atomic E-state index is 10.5. The van der Waals surface area contributed by atoms with E-state index in [4.69, 9.17) is 16.3 Å². The van der Waals surface area contributed by atoms with Crippen LogP contribution in [0.1, 0.15) is 34.8 Å². The van der Waals surface area contributed by atoms with Crippen LogP contribution in [0.3, 0.4) is 0 Å². The summed E-state index contributed by atoms with van der Waals surface area (Å²) in [7, 11) is 1.59. The van der Waals surface area contributed by atoms with Gasteiger partial charge in [0.25, 0.3) is 0 Å². The summed E-state index contributed by atoms with van der Waals surface area (Å²) >= 11 is 5.96. The summed E-state index contributed by atoms with van der Waals surface area (Å²) < 4.78 is 5.31. The molecule has 0 bridgehead atoms. The van der Waals surface area contributed by atoms with Crippen molar-refractivity contribution in [1.82, 2.24) is 0 Å². The van der Waals surface area contributed by atoms with Gasteiger partial charge in [-0.25, -0.2) is 0 Å². The van der Waals surface area contributed by atoms with Crippen molar-refractivity contribution in [2.24, 2.45) is 0 Å². The number of halogens is 1. The second-order valence-electron chi connectivity index (χ2n) is 5.56. The fourth-order valence-electron chi connectivity index (χ4n) is 3.05. The lowest BCUT2D eigenvalue weighted by molar-refractivity contribution is 0.174. The van der Waals surface area contributed by atoms with Crippen LogP contribution in [0, 0.1) is 0 Å². The van der Waals surface area contributed by atoms with E-state index >= 15 is 0 Å². The minimum atomic E-state index is -0.586. The molecule has 3 heteroatoms. The van der Waals surface area contributed by atoms with Crippen LogP contribution in [0.5, 0.6) is 5.75 Å². The first-order chi connectivity index (χ1) is 10.2. The molecule has 0 spiro atoms. The highest BCUT2D eigenvalue weighted by Gasteiger charge is 2.16. The monoisotopic (exact) mass is 302 g/mol. The lowest BCUT2D eigenvalue weighted by Crippen LogP contribution is -2.04. The Morgan fingerprint density at radius 1 is 1.14 bits per heavy atom. The van der Waals surface area contributed by atoms with E-state index < -0.39 is 6.10 Å². The smallest absolute Gasteiger partial charge is 0.126 e. The molecule has 1 aliphatic carbocycles. The molecule has 1 N–H and O–H groups in total. The van der Waals surface area contributed by atoms with Gasteiger partial charge in [0.2, 0.25) is 0 Å². The van der Waals surface area contributed by atoms with Crippen molar-refractivity contribution in [1.29, 1.82) is 0 Å². The number of aliphatic hydroxyl groups is 1. The van der Waals surface area contributed by atoms with E-state index in [1.54, 1.807) is 19.2 Å². The predicted octanol–water partition coefficient (Wildman–Crippen LogP) is 4.11. The van der Waals surface area contributed by atoms with Gasteiger partial charge in [-0.15, -0.1) is 0 Å². The van der Waals surface area contributed by atoms with Crippen LogP contribution >= 0.6 is 11.6 Å². The molecule has 2 aromatic rings. The highest BCUT2D eigenvalue weighted by molar-refractivity contribution is 6.30. The quantitative estimate of drug-likeness (QED) is 0.921. The normalized spacial score (nSPS) is 14.8. The van der Waals surface area contributed by atoms with Gasteiger partial charge in [-0.1, -0.05) is 35.9 Å². The Labute approximate surface area is 130 Å². The number of hydrogen-bond acceptors (Lipinski definition) is 2. The van der Waals surface area contributed by atoms with E-state index in [0.717, 1.165) is 12.0 Å². The zero-order valence-corrected chi connectivity index (χ0v) is 12.9. The van der Waals surface area contributed by atoms with Gasteiger partial charge < -0.3 is 9.84 Å². The van der Waals surface area contributed by atoms with Gasteiger partial charge in [-0.3, -0.25) is 0 Å². The molecular weight excluding hydrogens is 284 g/mol. The van der Waals surface area contributed by atoms with Gasteiger partial charge in [0.15, 0.2) is 0 Å². The zero-order chi connectivity index (χ0) is 14.8. The van der Waals surface area contributed by atoms with E-state index in [-0.39, 0.29) is 0 Å². The maximum Gasteiger partial charge on any atom is 0.126 e. The van der Waals surface area contributed by atoms with Gasteiger partial charge in [-0.2, -0.15) is 0 Å². The van der Waals surface area contributed by atoms with E-state index in [1.165, 1.54) is 29.5 Å². The lowest BCUT2D eigenvalue weighted by Gasteiger charge is -2.16. The van der Waals surface area contributed by atoms with Gasteiger partial charge >= 0.3 is 0 Å². The van der Waals surface area contributed by atoms with E-state index in [1.807, 2.05) is 6.07 Å². The topological polar surface area (TPSA) is 29.5 Å². The molecule has 0 aromatic heterocycles. The molecule has 2 aromatic carbocycles. The Balaban J connectivity index is 1.81. The van der Waals surface area contributed by atoms with Crippen molar-refractivity contribution in [3.63, 3.8) is 0 Å². The van der Waals surface area contributed by atoms with Crippen molar-refractivity contribution in [2.75, 3.05) is 7.11 Å². The number of rotatable bonds is 4. The standard InChI is InChI=1S/C18H19ClO2/c1-21-18-11-15(19)7-8-16(18)17(20)10-12-5-6-13-3-2-4-14(13)9-12/h5-9,11,17,20H,2-4,10H2,1H3. The fraction of sp³-hybridized carbons (Fsp3) is 0.333. The minimum absolute atomic E-state index is 0.586. The van der Waals surface area contributed by atoms with Crippen molar-refractivity contribution < 1.29 is 9.84 Å². The van der Waals surface area contributed by atoms with Crippen LogP contribution in [0.15, 0.2) is 36.4 Å². The largest absolute Gasteiger partial charge is 0.496 e. The molecule has 1 atom stereocenters. The second kappa shape index (κ2) is 6.08. The third kappa shape index (κ3) is 3.07. The first-order valence-corrected chi connectivity index (χ1v) is 7.67. The number of methoxy groups -OCH3 is 1. The van der Waals surface area contributed by atoms with Crippen molar-refractivity contribution >= 4 is 11.6 Å². The molecule has 2 nitrogen and oxygen atoms in total. The number of ether oxygens (including phenoxy) is 1. The Kier molecular flexibility index (Phi) is 4.18. The first kappa shape index (κ1) is 14.4. The van der Waals surface area contributed by atoms with Crippen LogP contribution in [0.4, 0.5) is 0 Å². The molecule has 0 saturated carbocycles. The number of benzene rings is 2. The lowest BCUT2D eigenvalue weighted by atomic mass is 9.98. The molecule has 1 unspecified atom stereocenters. The van der Waals surface area contributed by atoms with Crippen LogP contribution in [0.25, 0.3) is 0 Å². The van der Waals surface area contributed by atoms with E-state index in [2.05, 4.69) is 18.2 Å². The second-order valence-corrected chi connectivity index (χ2v) is 6.00. The van der Waals surface area contributed by atoms with Crippen molar-refractivity contribution in [3.05, 3.63) is 63.7 Å². The Morgan fingerprint density at radius 3 is 2.76 bits per heavy atom. The van der Waals surface area contributed by atoms with Gasteiger partial charge in [0, 0.05) is 17.0 Å². The van der Waals surface area contributed by atoms with E-state index in [9.17, 15) is 5.11 Å². The summed E-state index contributed by atoms with van der Waals surface area (Å²) in [5.41, 5.74) is 4.84. The van der Waals surface area contributed by atoms with Gasteiger partial charge in [-0.05, 0) is 48.1 Å². The predicted molar refractivity (Wildman–Crippen MR) is 85.1 cm³/mol. The average molecular weight is 303 g/mol. The average Bonchev–Trinajstić information content (AvgIpc) is 2.94. The molecule has 0 aliphatic heterocycles.